The maximum Gasteiger partial charge on any atom is 0.259 e. The van der Waals surface area contributed by atoms with Gasteiger partial charge in [-0.15, -0.1) is 0 Å². The van der Waals surface area contributed by atoms with Crippen LogP contribution in [0.15, 0.2) is 48.5 Å². The number of hydrogen-bond acceptors (Lipinski definition) is 3. The van der Waals surface area contributed by atoms with Crippen molar-refractivity contribution in [3.8, 4) is 5.75 Å². The number of carbonyl (C=O) groups is 2. The number of para-hydroxylation sites is 1. The van der Waals surface area contributed by atoms with Gasteiger partial charge in [-0.05, 0) is 43.2 Å². The van der Waals surface area contributed by atoms with Crippen molar-refractivity contribution < 1.29 is 14.3 Å². The zero-order chi connectivity index (χ0) is 17.4. The summed E-state index contributed by atoms with van der Waals surface area (Å²) in [6.07, 6.45) is 1.12. The van der Waals surface area contributed by atoms with Gasteiger partial charge in [-0.3, -0.25) is 9.59 Å². The van der Waals surface area contributed by atoms with E-state index in [1.54, 1.807) is 25.2 Å². The first-order valence-electron chi connectivity index (χ1n) is 7.96. The molecule has 5 nitrogen and oxygen atoms in total. The molecule has 2 N–H and O–H groups in total. The molecule has 0 saturated carbocycles. The summed E-state index contributed by atoms with van der Waals surface area (Å²) in [4.78, 5) is 23.7. The highest BCUT2D eigenvalue weighted by atomic mass is 16.5. The topological polar surface area (TPSA) is 67.4 Å². The monoisotopic (exact) mass is 326 g/mol. The van der Waals surface area contributed by atoms with Crippen molar-refractivity contribution in [2.45, 2.75) is 19.8 Å². The number of rotatable bonds is 7. The third-order valence-electron chi connectivity index (χ3n) is 3.56. The number of aryl methyl sites for hydroxylation is 1. The van der Waals surface area contributed by atoms with Crippen molar-refractivity contribution in [3.05, 3.63) is 59.7 Å². The Kier molecular flexibility index (Phi) is 6.37. The lowest BCUT2D eigenvalue weighted by molar-refractivity contribution is -0.120. The predicted octanol–water partition coefficient (Wildman–Crippen LogP) is 3.02. The molecule has 5 heteroatoms. The molecule has 2 rings (SSSR count). The van der Waals surface area contributed by atoms with Crippen LogP contribution in [0.2, 0.25) is 0 Å². The number of nitrogens with one attached hydrogen (secondary N) is 2. The van der Waals surface area contributed by atoms with Gasteiger partial charge in [0.25, 0.3) is 5.91 Å². The molecule has 126 valence electrons. The van der Waals surface area contributed by atoms with Gasteiger partial charge in [-0.25, -0.2) is 0 Å². The van der Waals surface area contributed by atoms with E-state index in [0.29, 0.717) is 36.4 Å². The van der Waals surface area contributed by atoms with Crippen LogP contribution < -0.4 is 15.4 Å². The third-order valence-corrected chi connectivity index (χ3v) is 3.56. The molecule has 2 aromatic rings. The molecule has 0 spiro atoms. The first-order chi connectivity index (χ1) is 11.6. The lowest BCUT2D eigenvalue weighted by Gasteiger charge is -2.11. The van der Waals surface area contributed by atoms with Crippen molar-refractivity contribution in [1.82, 2.24) is 5.32 Å². The highest BCUT2D eigenvalue weighted by Gasteiger charge is 2.12. The quantitative estimate of drug-likeness (QED) is 0.822. The Morgan fingerprint density at radius 2 is 1.75 bits per heavy atom. The summed E-state index contributed by atoms with van der Waals surface area (Å²) in [7, 11) is 1.63. The highest BCUT2D eigenvalue weighted by Crippen LogP contribution is 2.20. The molecule has 0 aliphatic rings. The summed E-state index contributed by atoms with van der Waals surface area (Å²) < 4.78 is 5.48. The largest absolute Gasteiger partial charge is 0.493 e. The van der Waals surface area contributed by atoms with Crippen LogP contribution in [0.3, 0.4) is 0 Å². The van der Waals surface area contributed by atoms with Gasteiger partial charge in [-0.1, -0.05) is 24.3 Å². The Labute approximate surface area is 142 Å². The smallest absolute Gasteiger partial charge is 0.259 e. The van der Waals surface area contributed by atoms with E-state index >= 15 is 0 Å². The molecule has 0 fully saturated rings. The number of amides is 2. The van der Waals surface area contributed by atoms with Crippen LogP contribution in [0.4, 0.5) is 5.69 Å². The Morgan fingerprint density at radius 1 is 1.04 bits per heavy atom. The van der Waals surface area contributed by atoms with Crippen LogP contribution in [-0.2, 0) is 11.2 Å². The minimum atomic E-state index is -0.211. The molecular formula is C19H22N2O3. The molecule has 2 aromatic carbocycles. The molecule has 0 aliphatic carbocycles. The third kappa shape index (κ3) is 4.84. The van der Waals surface area contributed by atoms with E-state index < -0.39 is 0 Å². The van der Waals surface area contributed by atoms with E-state index in [1.165, 1.54) is 0 Å². The molecule has 0 atom stereocenters. The fraction of sp³-hybridized carbons (Fsp3) is 0.263. The number of carbonyl (C=O) groups excluding carboxylic acids is 2. The van der Waals surface area contributed by atoms with Crippen LogP contribution in [0.25, 0.3) is 0 Å². The van der Waals surface area contributed by atoms with E-state index in [0.717, 1.165) is 5.56 Å². The molecule has 0 heterocycles. The normalized spacial score (nSPS) is 10.1. The Bertz CT molecular complexity index is 696. The van der Waals surface area contributed by atoms with Gasteiger partial charge < -0.3 is 15.4 Å². The summed E-state index contributed by atoms with van der Waals surface area (Å²) >= 11 is 0. The van der Waals surface area contributed by atoms with Crippen molar-refractivity contribution in [1.29, 1.82) is 0 Å². The van der Waals surface area contributed by atoms with Crippen molar-refractivity contribution in [3.63, 3.8) is 0 Å². The van der Waals surface area contributed by atoms with Gasteiger partial charge in [0.1, 0.15) is 5.75 Å². The van der Waals surface area contributed by atoms with E-state index in [-0.39, 0.29) is 11.8 Å². The van der Waals surface area contributed by atoms with E-state index in [1.807, 2.05) is 37.3 Å². The summed E-state index contributed by atoms with van der Waals surface area (Å²) in [5.41, 5.74) is 2.25. The van der Waals surface area contributed by atoms with Crippen molar-refractivity contribution in [2.24, 2.45) is 0 Å². The van der Waals surface area contributed by atoms with E-state index in [9.17, 15) is 9.59 Å². The molecule has 0 saturated heterocycles. The fourth-order valence-electron chi connectivity index (χ4n) is 2.27. The lowest BCUT2D eigenvalue weighted by Crippen LogP contribution is -2.17. The molecule has 24 heavy (non-hydrogen) atoms. The summed E-state index contributed by atoms with van der Waals surface area (Å²) in [5, 5.41) is 5.46. The molecule has 0 aliphatic heterocycles. The molecule has 0 radical (unpaired) electrons. The molecular weight excluding hydrogens is 304 g/mol. The zero-order valence-electron chi connectivity index (χ0n) is 14.0. The second kappa shape index (κ2) is 8.72. The second-order valence-electron chi connectivity index (χ2n) is 5.25. The summed E-state index contributed by atoms with van der Waals surface area (Å²) in [5.74, 6) is 0.372. The first-order valence-corrected chi connectivity index (χ1v) is 7.96. The van der Waals surface area contributed by atoms with Gasteiger partial charge in [0.2, 0.25) is 5.91 Å². The zero-order valence-corrected chi connectivity index (χ0v) is 14.0. The molecule has 0 bridgehead atoms. The van der Waals surface area contributed by atoms with Gasteiger partial charge >= 0.3 is 0 Å². The van der Waals surface area contributed by atoms with Gasteiger partial charge in [-0.2, -0.15) is 0 Å². The van der Waals surface area contributed by atoms with E-state index in [4.69, 9.17) is 4.74 Å². The van der Waals surface area contributed by atoms with Gasteiger partial charge in [0.15, 0.2) is 0 Å². The van der Waals surface area contributed by atoms with E-state index in [2.05, 4.69) is 10.6 Å². The van der Waals surface area contributed by atoms with Crippen LogP contribution >= 0.6 is 0 Å². The summed E-state index contributed by atoms with van der Waals surface area (Å²) in [6.45, 7) is 2.39. The van der Waals surface area contributed by atoms with Crippen molar-refractivity contribution >= 4 is 17.5 Å². The fourth-order valence-corrected chi connectivity index (χ4v) is 2.27. The van der Waals surface area contributed by atoms with Crippen LogP contribution in [-0.4, -0.2) is 25.5 Å². The Balaban J connectivity index is 2.01. The number of ether oxygens (including phenoxy) is 1. The number of benzene rings is 2. The average Bonchev–Trinajstić information content (AvgIpc) is 2.61. The minimum absolute atomic E-state index is 0.0138. The average molecular weight is 326 g/mol. The Morgan fingerprint density at radius 3 is 2.42 bits per heavy atom. The van der Waals surface area contributed by atoms with Crippen molar-refractivity contribution in [2.75, 3.05) is 19.0 Å². The SMILES string of the molecule is CCOc1ccccc1C(=O)Nc1ccc(CCC(=O)NC)cc1. The summed E-state index contributed by atoms with van der Waals surface area (Å²) in [6, 6.07) is 14.6. The molecule has 0 aromatic heterocycles. The van der Waals surface area contributed by atoms with Crippen LogP contribution in [0.1, 0.15) is 29.3 Å². The Hall–Kier alpha value is -2.82. The lowest BCUT2D eigenvalue weighted by atomic mass is 10.1. The second-order valence-corrected chi connectivity index (χ2v) is 5.25. The van der Waals surface area contributed by atoms with Crippen LogP contribution in [0.5, 0.6) is 5.75 Å². The first kappa shape index (κ1) is 17.5. The van der Waals surface area contributed by atoms with Gasteiger partial charge in [0.05, 0.1) is 12.2 Å². The molecule has 0 unspecified atom stereocenters. The van der Waals surface area contributed by atoms with Crippen LogP contribution in [0, 0.1) is 0 Å². The standard InChI is InChI=1S/C19H22N2O3/c1-3-24-17-7-5-4-6-16(17)19(23)21-15-11-8-14(9-12-15)10-13-18(22)20-2/h4-9,11-12H,3,10,13H2,1-2H3,(H,20,22)(H,21,23). The molecule has 2 amide bonds. The maximum absolute atomic E-state index is 12.4. The van der Waals surface area contributed by atoms with Gasteiger partial charge in [0, 0.05) is 19.2 Å². The number of anilines is 1. The highest BCUT2D eigenvalue weighted by molar-refractivity contribution is 6.06. The predicted molar refractivity (Wildman–Crippen MR) is 94.4 cm³/mol. The minimum Gasteiger partial charge on any atom is -0.493 e. The maximum atomic E-state index is 12.4. The number of hydrogen-bond donors (Lipinski definition) is 2.